The van der Waals surface area contributed by atoms with Crippen LogP contribution in [0.3, 0.4) is 0 Å². The standard InChI is InChI=1S/C13H11BrFNO2/c1-2-17-10-3-5-11(6-4-10)18-13-12(15)7-9(14)8-16-13/h3-8H,2H2,1H3. The highest BCUT2D eigenvalue weighted by atomic mass is 79.9. The Labute approximate surface area is 113 Å². The van der Waals surface area contributed by atoms with Crippen LogP contribution < -0.4 is 9.47 Å². The molecule has 0 aliphatic rings. The first-order chi connectivity index (χ1) is 8.69. The van der Waals surface area contributed by atoms with E-state index in [4.69, 9.17) is 9.47 Å². The summed E-state index contributed by atoms with van der Waals surface area (Å²) >= 11 is 3.13. The van der Waals surface area contributed by atoms with Crippen LogP contribution in [-0.4, -0.2) is 11.6 Å². The number of halogens is 2. The molecule has 0 radical (unpaired) electrons. The fraction of sp³-hybridized carbons (Fsp3) is 0.154. The highest BCUT2D eigenvalue weighted by Gasteiger charge is 2.07. The second-order valence-electron chi connectivity index (χ2n) is 3.45. The van der Waals surface area contributed by atoms with Gasteiger partial charge in [-0.15, -0.1) is 0 Å². The van der Waals surface area contributed by atoms with Crippen LogP contribution in [0.4, 0.5) is 4.39 Å². The van der Waals surface area contributed by atoms with E-state index in [1.54, 1.807) is 24.3 Å². The van der Waals surface area contributed by atoms with Gasteiger partial charge in [0, 0.05) is 10.7 Å². The largest absolute Gasteiger partial charge is 0.494 e. The van der Waals surface area contributed by atoms with E-state index >= 15 is 0 Å². The van der Waals surface area contributed by atoms with Crippen LogP contribution in [0.2, 0.25) is 0 Å². The van der Waals surface area contributed by atoms with Crippen molar-refractivity contribution in [1.82, 2.24) is 4.98 Å². The molecule has 0 saturated carbocycles. The maximum absolute atomic E-state index is 13.5. The van der Waals surface area contributed by atoms with Gasteiger partial charge in [0.2, 0.25) is 0 Å². The molecule has 0 atom stereocenters. The van der Waals surface area contributed by atoms with Crippen molar-refractivity contribution in [2.24, 2.45) is 0 Å². The zero-order valence-electron chi connectivity index (χ0n) is 9.69. The fourth-order valence-corrected chi connectivity index (χ4v) is 1.66. The van der Waals surface area contributed by atoms with E-state index < -0.39 is 5.82 Å². The van der Waals surface area contributed by atoms with Crippen molar-refractivity contribution >= 4 is 15.9 Å². The molecule has 0 saturated heterocycles. The molecular weight excluding hydrogens is 301 g/mol. The van der Waals surface area contributed by atoms with Crippen LogP contribution in [0, 0.1) is 5.82 Å². The second kappa shape index (κ2) is 5.82. The first-order valence-corrected chi connectivity index (χ1v) is 6.20. The minimum atomic E-state index is -0.516. The zero-order valence-corrected chi connectivity index (χ0v) is 11.3. The van der Waals surface area contributed by atoms with E-state index in [0.717, 1.165) is 5.75 Å². The third kappa shape index (κ3) is 3.20. The van der Waals surface area contributed by atoms with Crippen molar-refractivity contribution in [3.63, 3.8) is 0 Å². The van der Waals surface area contributed by atoms with E-state index in [9.17, 15) is 4.39 Å². The normalized spacial score (nSPS) is 10.2. The minimum absolute atomic E-state index is 0.0534. The summed E-state index contributed by atoms with van der Waals surface area (Å²) in [5, 5.41) is 0. The van der Waals surface area contributed by atoms with Crippen molar-refractivity contribution < 1.29 is 13.9 Å². The van der Waals surface area contributed by atoms with E-state index in [1.807, 2.05) is 6.92 Å². The van der Waals surface area contributed by atoms with E-state index in [0.29, 0.717) is 16.8 Å². The van der Waals surface area contributed by atoms with Crippen LogP contribution in [0.15, 0.2) is 41.0 Å². The van der Waals surface area contributed by atoms with Gasteiger partial charge >= 0.3 is 0 Å². The summed E-state index contributed by atoms with van der Waals surface area (Å²) in [4.78, 5) is 3.86. The molecule has 1 aromatic heterocycles. The monoisotopic (exact) mass is 311 g/mol. The van der Waals surface area contributed by atoms with Gasteiger partial charge in [-0.05, 0) is 53.2 Å². The minimum Gasteiger partial charge on any atom is -0.494 e. The van der Waals surface area contributed by atoms with E-state index in [-0.39, 0.29) is 5.88 Å². The molecule has 0 aliphatic carbocycles. The van der Waals surface area contributed by atoms with Gasteiger partial charge in [-0.1, -0.05) is 0 Å². The highest BCUT2D eigenvalue weighted by molar-refractivity contribution is 9.10. The van der Waals surface area contributed by atoms with Gasteiger partial charge in [0.15, 0.2) is 5.82 Å². The molecular formula is C13H11BrFNO2. The SMILES string of the molecule is CCOc1ccc(Oc2ncc(Br)cc2F)cc1. The van der Waals surface area contributed by atoms with Gasteiger partial charge in [-0.25, -0.2) is 9.37 Å². The zero-order chi connectivity index (χ0) is 13.0. The number of nitrogens with zero attached hydrogens (tertiary/aromatic N) is 1. The summed E-state index contributed by atoms with van der Waals surface area (Å²) in [7, 11) is 0. The molecule has 2 aromatic rings. The second-order valence-corrected chi connectivity index (χ2v) is 4.36. The molecule has 0 fully saturated rings. The number of hydrogen-bond acceptors (Lipinski definition) is 3. The summed E-state index contributed by atoms with van der Waals surface area (Å²) in [5.41, 5.74) is 0. The molecule has 5 heteroatoms. The molecule has 94 valence electrons. The molecule has 2 rings (SSSR count). The van der Waals surface area contributed by atoms with Crippen molar-refractivity contribution in [2.75, 3.05) is 6.61 Å². The first kappa shape index (κ1) is 12.8. The summed E-state index contributed by atoms with van der Waals surface area (Å²) < 4.78 is 24.7. The molecule has 0 aliphatic heterocycles. The molecule has 18 heavy (non-hydrogen) atoms. The lowest BCUT2D eigenvalue weighted by molar-refractivity contribution is 0.339. The summed E-state index contributed by atoms with van der Waals surface area (Å²) in [5.74, 6) is 0.682. The lowest BCUT2D eigenvalue weighted by Gasteiger charge is -2.07. The Morgan fingerprint density at radius 2 is 1.89 bits per heavy atom. The number of hydrogen-bond donors (Lipinski definition) is 0. The average molecular weight is 312 g/mol. The predicted octanol–water partition coefficient (Wildman–Crippen LogP) is 4.17. The van der Waals surface area contributed by atoms with Crippen molar-refractivity contribution in [3.8, 4) is 17.4 Å². The third-order valence-electron chi connectivity index (χ3n) is 2.12. The predicted molar refractivity (Wildman–Crippen MR) is 69.6 cm³/mol. The highest BCUT2D eigenvalue weighted by Crippen LogP contribution is 2.25. The lowest BCUT2D eigenvalue weighted by atomic mass is 10.3. The Balaban J connectivity index is 2.13. The Morgan fingerprint density at radius 3 is 2.50 bits per heavy atom. The van der Waals surface area contributed by atoms with Crippen molar-refractivity contribution in [2.45, 2.75) is 6.92 Å². The number of benzene rings is 1. The van der Waals surface area contributed by atoms with Gasteiger partial charge < -0.3 is 9.47 Å². The van der Waals surface area contributed by atoms with E-state index in [2.05, 4.69) is 20.9 Å². The van der Waals surface area contributed by atoms with Gasteiger partial charge in [0.25, 0.3) is 5.88 Å². The first-order valence-electron chi connectivity index (χ1n) is 5.41. The Morgan fingerprint density at radius 1 is 1.22 bits per heavy atom. The number of aromatic nitrogens is 1. The van der Waals surface area contributed by atoms with Crippen LogP contribution in [0.5, 0.6) is 17.4 Å². The lowest BCUT2D eigenvalue weighted by Crippen LogP contribution is -1.93. The maximum Gasteiger partial charge on any atom is 0.255 e. The third-order valence-corrected chi connectivity index (χ3v) is 2.56. The van der Waals surface area contributed by atoms with Crippen molar-refractivity contribution in [1.29, 1.82) is 0 Å². The van der Waals surface area contributed by atoms with Crippen LogP contribution in [-0.2, 0) is 0 Å². The fourth-order valence-electron chi connectivity index (χ4n) is 1.36. The summed E-state index contributed by atoms with van der Waals surface area (Å²) in [6, 6.07) is 8.23. The summed E-state index contributed by atoms with van der Waals surface area (Å²) in [6.07, 6.45) is 1.48. The Kier molecular flexibility index (Phi) is 4.15. The van der Waals surface area contributed by atoms with Crippen LogP contribution in [0.1, 0.15) is 6.92 Å². The molecule has 1 heterocycles. The van der Waals surface area contributed by atoms with Crippen LogP contribution in [0.25, 0.3) is 0 Å². The molecule has 0 amide bonds. The molecule has 0 bridgehead atoms. The average Bonchev–Trinajstić information content (AvgIpc) is 2.35. The molecule has 3 nitrogen and oxygen atoms in total. The van der Waals surface area contributed by atoms with Crippen LogP contribution >= 0.6 is 15.9 Å². The van der Waals surface area contributed by atoms with Gasteiger partial charge in [0.05, 0.1) is 6.61 Å². The Bertz CT molecular complexity index is 531. The molecule has 0 unspecified atom stereocenters. The molecule has 1 aromatic carbocycles. The smallest absolute Gasteiger partial charge is 0.255 e. The molecule has 0 N–H and O–H groups in total. The van der Waals surface area contributed by atoms with E-state index in [1.165, 1.54) is 12.3 Å². The quantitative estimate of drug-likeness (QED) is 0.849. The van der Waals surface area contributed by atoms with Gasteiger partial charge in [0.1, 0.15) is 11.5 Å². The summed E-state index contributed by atoms with van der Waals surface area (Å²) in [6.45, 7) is 2.51. The maximum atomic E-state index is 13.5. The van der Waals surface area contributed by atoms with Gasteiger partial charge in [-0.3, -0.25) is 0 Å². The topological polar surface area (TPSA) is 31.4 Å². The number of pyridine rings is 1. The number of rotatable bonds is 4. The Hall–Kier alpha value is -1.62. The molecule has 0 spiro atoms. The van der Waals surface area contributed by atoms with Crippen molar-refractivity contribution in [3.05, 3.63) is 46.8 Å². The number of ether oxygens (including phenoxy) is 2. The van der Waals surface area contributed by atoms with Gasteiger partial charge in [-0.2, -0.15) is 0 Å².